The van der Waals surface area contributed by atoms with E-state index in [1.807, 2.05) is 66.8 Å². The van der Waals surface area contributed by atoms with Gasteiger partial charge >= 0.3 is 0 Å². The Morgan fingerprint density at radius 2 is 2.17 bits per heavy atom. The number of nitrogens with zero attached hydrogens (tertiary/aromatic N) is 1. The molecule has 3 nitrogen and oxygen atoms in total. The van der Waals surface area contributed by atoms with E-state index >= 15 is 0 Å². The molecule has 1 fully saturated rings. The highest BCUT2D eigenvalue weighted by Gasteiger charge is 2.17. The molecule has 5 heteroatoms. The van der Waals surface area contributed by atoms with Crippen LogP contribution in [0.1, 0.15) is 15.9 Å². The van der Waals surface area contributed by atoms with E-state index in [-0.39, 0.29) is 5.91 Å². The summed E-state index contributed by atoms with van der Waals surface area (Å²) in [6.45, 7) is 2.73. The molecule has 1 aromatic heterocycles. The van der Waals surface area contributed by atoms with Crippen molar-refractivity contribution >= 4 is 29.4 Å². The lowest BCUT2D eigenvalue weighted by molar-refractivity contribution is 0.0953. The molecule has 0 spiro atoms. The van der Waals surface area contributed by atoms with Gasteiger partial charge in [0.15, 0.2) is 0 Å². The Balaban J connectivity index is 1.73. The number of pyridine rings is 1. The summed E-state index contributed by atoms with van der Waals surface area (Å²) in [6.07, 6.45) is 1.78. The van der Waals surface area contributed by atoms with Gasteiger partial charge in [0.25, 0.3) is 5.91 Å². The van der Waals surface area contributed by atoms with Crippen molar-refractivity contribution in [1.82, 2.24) is 10.3 Å². The Morgan fingerprint density at radius 1 is 1.26 bits per heavy atom. The van der Waals surface area contributed by atoms with Crippen molar-refractivity contribution in [3.05, 3.63) is 53.7 Å². The molecular formula is C18H20N2OS2. The molecule has 1 aliphatic heterocycles. The first-order valence-corrected chi connectivity index (χ1v) is 9.94. The number of carbonyl (C=O) groups is 1. The summed E-state index contributed by atoms with van der Waals surface area (Å²) in [6, 6.07) is 11.7. The van der Waals surface area contributed by atoms with Crippen molar-refractivity contribution < 1.29 is 4.79 Å². The minimum Gasteiger partial charge on any atom is -0.351 e. The Morgan fingerprint density at radius 3 is 2.91 bits per heavy atom. The molecule has 1 unspecified atom stereocenters. The predicted molar refractivity (Wildman–Crippen MR) is 100 cm³/mol. The van der Waals surface area contributed by atoms with Gasteiger partial charge in [-0.3, -0.25) is 9.78 Å². The molecule has 1 amide bonds. The number of amides is 1. The minimum atomic E-state index is 0.0106. The van der Waals surface area contributed by atoms with E-state index in [1.54, 1.807) is 6.20 Å². The van der Waals surface area contributed by atoms with Crippen LogP contribution in [0.5, 0.6) is 0 Å². The molecule has 2 heterocycles. The second-order valence-electron chi connectivity index (χ2n) is 5.47. The molecular weight excluding hydrogens is 324 g/mol. The van der Waals surface area contributed by atoms with E-state index < -0.39 is 0 Å². The van der Waals surface area contributed by atoms with Crippen LogP contribution in [-0.2, 0) is 0 Å². The van der Waals surface area contributed by atoms with Crippen molar-refractivity contribution in [2.45, 2.75) is 12.2 Å². The van der Waals surface area contributed by atoms with Crippen molar-refractivity contribution in [1.29, 1.82) is 0 Å². The van der Waals surface area contributed by atoms with E-state index in [0.29, 0.717) is 5.25 Å². The number of hydrogen-bond acceptors (Lipinski definition) is 4. The molecule has 0 bridgehead atoms. The maximum atomic E-state index is 12.5. The maximum Gasteiger partial charge on any atom is 0.251 e. The molecule has 1 atom stereocenters. The molecule has 0 aliphatic carbocycles. The topological polar surface area (TPSA) is 42.0 Å². The molecule has 1 N–H and O–H groups in total. The van der Waals surface area contributed by atoms with Gasteiger partial charge in [0.05, 0.1) is 5.69 Å². The Kier molecular flexibility index (Phi) is 5.62. The van der Waals surface area contributed by atoms with E-state index in [0.717, 1.165) is 34.7 Å². The third-order valence-electron chi connectivity index (χ3n) is 3.89. The zero-order chi connectivity index (χ0) is 16.1. The summed E-state index contributed by atoms with van der Waals surface area (Å²) in [7, 11) is 0. The summed E-state index contributed by atoms with van der Waals surface area (Å²) >= 11 is 3.93. The van der Waals surface area contributed by atoms with Gasteiger partial charge in [-0.15, -0.1) is 0 Å². The quantitative estimate of drug-likeness (QED) is 0.919. The SMILES string of the molecule is Cc1c(C(=O)NCC2CSCCS2)cccc1-c1ccccn1. The number of hydrogen-bond donors (Lipinski definition) is 1. The van der Waals surface area contributed by atoms with Crippen molar-refractivity contribution in [3.8, 4) is 11.3 Å². The van der Waals surface area contributed by atoms with Crippen LogP contribution in [0.2, 0.25) is 0 Å². The first-order valence-electron chi connectivity index (χ1n) is 7.74. The molecule has 1 saturated heterocycles. The normalized spacial score (nSPS) is 17.7. The Hall–Kier alpha value is -1.46. The lowest BCUT2D eigenvalue weighted by Crippen LogP contribution is -2.33. The van der Waals surface area contributed by atoms with Gasteiger partial charge in [-0.25, -0.2) is 0 Å². The van der Waals surface area contributed by atoms with E-state index in [1.165, 1.54) is 11.5 Å². The molecule has 1 aliphatic rings. The fourth-order valence-electron chi connectivity index (χ4n) is 2.64. The van der Waals surface area contributed by atoms with Crippen LogP contribution in [0, 0.1) is 6.92 Å². The maximum absolute atomic E-state index is 12.5. The largest absolute Gasteiger partial charge is 0.351 e. The molecule has 2 aromatic rings. The van der Waals surface area contributed by atoms with Crippen LogP contribution in [0.25, 0.3) is 11.3 Å². The number of aromatic nitrogens is 1. The third-order valence-corrected chi connectivity index (χ3v) is 6.74. The van der Waals surface area contributed by atoms with Crippen molar-refractivity contribution in [2.24, 2.45) is 0 Å². The van der Waals surface area contributed by atoms with Gasteiger partial charge in [0.2, 0.25) is 0 Å². The van der Waals surface area contributed by atoms with Gasteiger partial charge < -0.3 is 5.32 Å². The lowest BCUT2D eigenvalue weighted by Gasteiger charge is -2.21. The van der Waals surface area contributed by atoms with E-state index in [9.17, 15) is 4.79 Å². The summed E-state index contributed by atoms with van der Waals surface area (Å²) < 4.78 is 0. The molecule has 23 heavy (non-hydrogen) atoms. The smallest absolute Gasteiger partial charge is 0.251 e. The third kappa shape index (κ3) is 4.09. The Bertz CT molecular complexity index is 670. The fourth-order valence-corrected chi connectivity index (χ4v) is 5.25. The standard InChI is InChI=1S/C18H20N2OS2/c1-13-15(17-7-2-3-8-19-17)5-4-6-16(13)18(21)20-11-14-12-22-9-10-23-14/h2-8,14H,9-12H2,1H3,(H,20,21). The van der Waals surface area contributed by atoms with Crippen molar-refractivity contribution in [2.75, 3.05) is 23.8 Å². The Labute approximate surface area is 145 Å². The zero-order valence-electron chi connectivity index (χ0n) is 13.1. The summed E-state index contributed by atoms with van der Waals surface area (Å²) in [5.41, 5.74) is 3.63. The summed E-state index contributed by atoms with van der Waals surface area (Å²) in [5.74, 6) is 3.54. The fraction of sp³-hybridized carbons (Fsp3) is 0.333. The summed E-state index contributed by atoms with van der Waals surface area (Å²) in [4.78, 5) is 16.9. The second-order valence-corrected chi connectivity index (χ2v) is 8.03. The van der Waals surface area contributed by atoms with Crippen LogP contribution in [0.4, 0.5) is 0 Å². The minimum absolute atomic E-state index is 0.0106. The van der Waals surface area contributed by atoms with E-state index in [4.69, 9.17) is 0 Å². The first-order chi connectivity index (χ1) is 11.3. The van der Waals surface area contributed by atoms with Gasteiger partial charge in [-0.05, 0) is 30.7 Å². The second kappa shape index (κ2) is 7.88. The van der Waals surface area contributed by atoms with Gasteiger partial charge in [-0.2, -0.15) is 23.5 Å². The average molecular weight is 345 g/mol. The van der Waals surface area contributed by atoms with Crippen LogP contribution in [0.15, 0.2) is 42.6 Å². The molecule has 1 aromatic carbocycles. The molecule has 0 radical (unpaired) electrons. The first kappa shape index (κ1) is 16.4. The van der Waals surface area contributed by atoms with Gasteiger partial charge in [-0.1, -0.05) is 18.2 Å². The highest BCUT2D eigenvalue weighted by Crippen LogP contribution is 2.25. The van der Waals surface area contributed by atoms with Crippen LogP contribution in [-0.4, -0.2) is 39.9 Å². The van der Waals surface area contributed by atoms with Gasteiger partial charge in [0.1, 0.15) is 0 Å². The van der Waals surface area contributed by atoms with Crippen LogP contribution in [0.3, 0.4) is 0 Å². The highest BCUT2D eigenvalue weighted by molar-refractivity contribution is 8.06. The van der Waals surface area contributed by atoms with Crippen LogP contribution >= 0.6 is 23.5 Å². The van der Waals surface area contributed by atoms with Crippen LogP contribution < -0.4 is 5.32 Å². The van der Waals surface area contributed by atoms with E-state index in [2.05, 4.69) is 10.3 Å². The summed E-state index contributed by atoms with van der Waals surface area (Å²) in [5, 5.41) is 3.62. The average Bonchev–Trinajstić information content (AvgIpc) is 2.61. The number of carbonyl (C=O) groups excluding carboxylic acids is 1. The number of thioether (sulfide) groups is 2. The monoisotopic (exact) mass is 344 g/mol. The lowest BCUT2D eigenvalue weighted by atomic mass is 9.99. The van der Waals surface area contributed by atoms with Crippen molar-refractivity contribution in [3.63, 3.8) is 0 Å². The molecule has 0 saturated carbocycles. The number of rotatable bonds is 4. The number of benzene rings is 1. The molecule has 120 valence electrons. The predicted octanol–water partition coefficient (Wildman–Crippen LogP) is 3.64. The highest BCUT2D eigenvalue weighted by atomic mass is 32.2. The van der Waals surface area contributed by atoms with Gasteiger partial charge in [0, 0.05) is 46.4 Å². The molecule has 3 rings (SSSR count). The zero-order valence-corrected chi connectivity index (χ0v) is 14.8. The number of nitrogens with one attached hydrogen (secondary N) is 1.